The Balaban J connectivity index is 2.14. The maximum absolute atomic E-state index is 12.8. The number of nitrogens with zero attached hydrogens (tertiary/aromatic N) is 1. The van der Waals surface area contributed by atoms with Crippen LogP contribution in [0.25, 0.3) is 0 Å². The van der Waals surface area contributed by atoms with E-state index in [2.05, 4.69) is 4.72 Å². The second kappa shape index (κ2) is 9.38. The first-order valence-electron chi connectivity index (χ1n) is 8.98. The fourth-order valence-corrected chi connectivity index (χ4v) is 4.62. The Kier molecular flexibility index (Phi) is 7.46. The van der Waals surface area contributed by atoms with Crippen LogP contribution in [0.1, 0.15) is 38.3 Å². The number of rotatable bonds is 8. The molecular weight excluding hydrogens is 372 g/mol. The maximum atomic E-state index is 12.8. The normalized spacial score (nSPS) is 19.3. The van der Waals surface area contributed by atoms with Gasteiger partial charge in [-0.2, -0.15) is 17.4 Å². The lowest BCUT2D eigenvalue weighted by Gasteiger charge is -2.31. The van der Waals surface area contributed by atoms with E-state index < -0.39 is 22.2 Å². The van der Waals surface area contributed by atoms with E-state index in [1.807, 2.05) is 0 Å². The first kappa shape index (κ1) is 21.5. The van der Waals surface area contributed by atoms with Crippen molar-refractivity contribution >= 4 is 16.2 Å². The third-order valence-corrected chi connectivity index (χ3v) is 6.24. The number of carbonyl (C=O) groups excluding carboxylic acids is 1. The fourth-order valence-electron chi connectivity index (χ4n) is 3.15. The van der Waals surface area contributed by atoms with Crippen LogP contribution < -0.4 is 14.2 Å². The number of benzene rings is 1. The first-order chi connectivity index (χ1) is 12.8. The molecule has 0 radical (unpaired) electrons. The average molecular weight is 400 g/mol. The molecule has 1 aromatic carbocycles. The Morgan fingerprint density at radius 1 is 1.33 bits per heavy atom. The van der Waals surface area contributed by atoms with E-state index in [1.165, 1.54) is 11.4 Å². The number of ether oxygens (including phenoxy) is 3. The number of hydrogen-bond acceptors (Lipinski definition) is 6. The molecule has 2 atom stereocenters. The Morgan fingerprint density at radius 3 is 2.70 bits per heavy atom. The number of hydrogen-bond donors (Lipinski definition) is 1. The molecule has 1 aromatic rings. The second-order valence-electron chi connectivity index (χ2n) is 6.40. The number of carbonyl (C=O) groups is 1. The van der Waals surface area contributed by atoms with Crippen molar-refractivity contribution in [1.82, 2.24) is 9.03 Å². The zero-order valence-electron chi connectivity index (χ0n) is 16.2. The molecule has 0 bridgehead atoms. The molecule has 1 heterocycles. The van der Waals surface area contributed by atoms with E-state index in [-0.39, 0.29) is 19.1 Å². The average Bonchev–Trinajstić information content (AvgIpc) is 2.67. The van der Waals surface area contributed by atoms with Gasteiger partial charge in [-0.05, 0) is 44.9 Å². The van der Waals surface area contributed by atoms with Crippen molar-refractivity contribution in [2.24, 2.45) is 5.92 Å². The highest BCUT2D eigenvalue weighted by Gasteiger charge is 2.34. The van der Waals surface area contributed by atoms with Crippen molar-refractivity contribution in [3.05, 3.63) is 23.8 Å². The van der Waals surface area contributed by atoms with Crippen LogP contribution in [0.15, 0.2) is 18.2 Å². The van der Waals surface area contributed by atoms with Gasteiger partial charge in [-0.1, -0.05) is 0 Å². The van der Waals surface area contributed by atoms with E-state index >= 15 is 0 Å². The summed E-state index contributed by atoms with van der Waals surface area (Å²) in [6, 6.07) is 4.68. The molecule has 1 N–H and O–H groups in total. The lowest BCUT2D eigenvalue weighted by atomic mass is 10.0. The van der Waals surface area contributed by atoms with Gasteiger partial charge in [0.1, 0.15) is 11.5 Å². The molecule has 9 heteroatoms. The lowest BCUT2D eigenvalue weighted by molar-refractivity contribution is -0.149. The highest BCUT2D eigenvalue weighted by molar-refractivity contribution is 7.87. The third-order valence-electron chi connectivity index (χ3n) is 4.57. The molecule has 0 spiro atoms. The van der Waals surface area contributed by atoms with Crippen molar-refractivity contribution in [2.75, 3.05) is 33.9 Å². The number of piperidine rings is 1. The number of esters is 1. The Morgan fingerprint density at radius 2 is 2.07 bits per heavy atom. The molecule has 0 aliphatic carbocycles. The summed E-state index contributed by atoms with van der Waals surface area (Å²) in [6.45, 7) is 4.25. The van der Waals surface area contributed by atoms with Crippen molar-refractivity contribution in [3.8, 4) is 11.5 Å². The van der Waals surface area contributed by atoms with Gasteiger partial charge in [0.05, 0.1) is 26.7 Å². The van der Waals surface area contributed by atoms with Crippen LogP contribution in [0.3, 0.4) is 0 Å². The molecule has 27 heavy (non-hydrogen) atoms. The summed E-state index contributed by atoms with van der Waals surface area (Å²) in [7, 11) is -0.703. The molecule has 152 valence electrons. The van der Waals surface area contributed by atoms with Gasteiger partial charge in [-0.25, -0.2) is 0 Å². The fraction of sp³-hybridized carbons (Fsp3) is 0.611. The summed E-state index contributed by atoms with van der Waals surface area (Å²) in [5, 5.41) is 0. The minimum absolute atomic E-state index is 0.121. The van der Waals surface area contributed by atoms with Gasteiger partial charge in [0.15, 0.2) is 0 Å². The van der Waals surface area contributed by atoms with Crippen LogP contribution in [-0.4, -0.2) is 52.6 Å². The molecular formula is C18H28N2O6S. The third kappa shape index (κ3) is 5.33. The molecule has 0 aromatic heterocycles. The van der Waals surface area contributed by atoms with Gasteiger partial charge < -0.3 is 14.2 Å². The van der Waals surface area contributed by atoms with Crippen LogP contribution in [0, 0.1) is 5.92 Å². The highest BCUT2D eigenvalue weighted by atomic mass is 32.2. The van der Waals surface area contributed by atoms with E-state index in [1.54, 1.807) is 39.2 Å². The van der Waals surface area contributed by atoms with Crippen LogP contribution in [-0.2, 0) is 19.7 Å². The molecule has 0 saturated carbocycles. The molecule has 1 fully saturated rings. The number of methoxy groups -OCH3 is 2. The predicted octanol–water partition coefficient (Wildman–Crippen LogP) is 1.87. The summed E-state index contributed by atoms with van der Waals surface area (Å²) >= 11 is 0. The van der Waals surface area contributed by atoms with Crippen molar-refractivity contribution in [2.45, 2.75) is 32.7 Å². The second-order valence-corrected chi connectivity index (χ2v) is 8.10. The van der Waals surface area contributed by atoms with Crippen LogP contribution in [0.5, 0.6) is 11.5 Å². The van der Waals surface area contributed by atoms with E-state index in [0.717, 1.165) is 0 Å². The minimum Gasteiger partial charge on any atom is -0.497 e. The monoisotopic (exact) mass is 400 g/mol. The largest absolute Gasteiger partial charge is 0.497 e. The van der Waals surface area contributed by atoms with E-state index in [9.17, 15) is 13.2 Å². The molecule has 0 amide bonds. The molecule has 1 aliphatic rings. The van der Waals surface area contributed by atoms with Crippen molar-refractivity contribution < 1.29 is 27.4 Å². The number of nitrogens with one attached hydrogen (secondary N) is 1. The maximum Gasteiger partial charge on any atom is 0.310 e. The van der Waals surface area contributed by atoms with Crippen LogP contribution >= 0.6 is 0 Å². The summed E-state index contributed by atoms with van der Waals surface area (Å²) in [5.41, 5.74) is 0.666. The summed E-state index contributed by atoms with van der Waals surface area (Å²) in [6.07, 6.45) is 1.24. The highest BCUT2D eigenvalue weighted by Crippen LogP contribution is 2.30. The zero-order chi connectivity index (χ0) is 20.0. The van der Waals surface area contributed by atoms with E-state index in [4.69, 9.17) is 14.2 Å². The van der Waals surface area contributed by atoms with Crippen LogP contribution in [0.2, 0.25) is 0 Å². The van der Waals surface area contributed by atoms with Gasteiger partial charge in [0.2, 0.25) is 0 Å². The van der Waals surface area contributed by atoms with Gasteiger partial charge in [0, 0.05) is 24.7 Å². The first-order valence-corrected chi connectivity index (χ1v) is 10.4. The SMILES string of the molecule is CCOC(=O)C1CCCN(S(=O)(=O)NC(C)c2cc(OC)ccc2OC)C1. The standard InChI is InChI=1S/C18H28N2O6S/c1-5-26-18(21)14-7-6-10-20(12-14)27(22,23)19-13(2)16-11-15(24-3)8-9-17(16)25-4/h8-9,11,13-14,19H,5-7,10,12H2,1-4H3. The molecule has 8 nitrogen and oxygen atoms in total. The quantitative estimate of drug-likeness (QED) is 0.670. The smallest absolute Gasteiger partial charge is 0.310 e. The summed E-state index contributed by atoms with van der Waals surface area (Å²) < 4.78 is 45.3. The Bertz CT molecular complexity index is 752. The minimum atomic E-state index is -3.78. The molecule has 1 aliphatic heterocycles. The Hall–Kier alpha value is -1.84. The molecule has 1 saturated heterocycles. The van der Waals surface area contributed by atoms with E-state index in [0.29, 0.717) is 36.4 Å². The van der Waals surface area contributed by atoms with Crippen molar-refractivity contribution in [1.29, 1.82) is 0 Å². The zero-order valence-corrected chi connectivity index (χ0v) is 17.0. The van der Waals surface area contributed by atoms with Gasteiger partial charge in [0.25, 0.3) is 10.2 Å². The van der Waals surface area contributed by atoms with Crippen molar-refractivity contribution in [3.63, 3.8) is 0 Å². The van der Waals surface area contributed by atoms with Gasteiger partial charge >= 0.3 is 5.97 Å². The topological polar surface area (TPSA) is 94.2 Å². The van der Waals surface area contributed by atoms with Crippen LogP contribution in [0.4, 0.5) is 0 Å². The summed E-state index contributed by atoms with van der Waals surface area (Å²) in [4.78, 5) is 12.0. The lowest BCUT2D eigenvalue weighted by Crippen LogP contribution is -2.48. The summed E-state index contributed by atoms with van der Waals surface area (Å²) in [5.74, 6) is 0.392. The Labute approximate surface area is 161 Å². The molecule has 2 rings (SSSR count). The van der Waals surface area contributed by atoms with Gasteiger partial charge in [-0.15, -0.1) is 0 Å². The molecule has 2 unspecified atom stereocenters. The van der Waals surface area contributed by atoms with Gasteiger partial charge in [-0.3, -0.25) is 4.79 Å². The predicted molar refractivity (Wildman–Crippen MR) is 101 cm³/mol.